The first-order valence-electron chi connectivity index (χ1n) is 21.2. The number of anilines is 3. The summed E-state index contributed by atoms with van der Waals surface area (Å²) in [6.45, 7) is 9.75. The van der Waals surface area contributed by atoms with E-state index >= 15 is 0 Å². The van der Waals surface area contributed by atoms with Gasteiger partial charge in [0.1, 0.15) is 0 Å². The maximum Gasteiger partial charge on any atom is 0.0502 e. The molecular formula is C54H53N. The number of benzene rings is 6. The van der Waals surface area contributed by atoms with E-state index in [4.69, 9.17) is 0 Å². The summed E-state index contributed by atoms with van der Waals surface area (Å²) in [5.74, 6) is 3.51. The van der Waals surface area contributed by atoms with E-state index in [-0.39, 0.29) is 16.2 Å². The average Bonchev–Trinajstić information content (AvgIpc) is 3.49. The Morgan fingerprint density at radius 3 is 1.64 bits per heavy atom. The number of hydrogen-bond donors (Lipinski definition) is 0. The largest absolute Gasteiger partial charge is 0.310 e. The van der Waals surface area contributed by atoms with Gasteiger partial charge in [-0.15, -0.1) is 0 Å². The van der Waals surface area contributed by atoms with Crippen LogP contribution in [0.25, 0.3) is 33.4 Å². The van der Waals surface area contributed by atoms with Crippen LogP contribution in [0.15, 0.2) is 140 Å². The summed E-state index contributed by atoms with van der Waals surface area (Å²) in [6.07, 6.45) is 9.57. The van der Waals surface area contributed by atoms with Gasteiger partial charge in [-0.25, -0.2) is 0 Å². The first-order valence-corrected chi connectivity index (χ1v) is 21.2. The van der Waals surface area contributed by atoms with Crippen LogP contribution in [0, 0.1) is 23.7 Å². The summed E-state index contributed by atoms with van der Waals surface area (Å²) in [7, 11) is 0. The molecule has 0 unspecified atom stereocenters. The molecule has 4 fully saturated rings. The molecule has 0 saturated heterocycles. The second-order valence-corrected chi connectivity index (χ2v) is 19.2. The monoisotopic (exact) mass is 715 g/mol. The Bertz CT molecular complexity index is 2400. The van der Waals surface area contributed by atoms with Gasteiger partial charge >= 0.3 is 0 Å². The van der Waals surface area contributed by atoms with Gasteiger partial charge in [0.25, 0.3) is 0 Å². The standard InChI is InChI=1S/C54H53N/c1-52(2)27-28-53(3,4)51-49(52)15-10-16-50(51)55(43-22-17-38(18-23-43)37-11-6-5-7-12-37)44-24-19-39(20-25-44)40-21-26-48-46(34-40)45-13-8-9-14-47(45)54(48)41-30-35-29-36(32-41)33-42(54)31-35/h5-26,34-36,41-42H,27-33H2,1-4H3. The Hall–Kier alpha value is -4.88. The van der Waals surface area contributed by atoms with Crippen molar-refractivity contribution in [3.8, 4) is 33.4 Å². The van der Waals surface area contributed by atoms with Gasteiger partial charge in [-0.3, -0.25) is 0 Å². The van der Waals surface area contributed by atoms with E-state index in [0.717, 1.165) is 23.7 Å². The number of fused-ring (bicyclic) bond motifs is 4. The molecule has 1 nitrogen and oxygen atoms in total. The number of nitrogens with zero attached hydrogens (tertiary/aromatic N) is 1. The van der Waals surface area contributed by atoms with E-state index < -0.39 is 0 Å². The quantitative estimate of drug-likeness (QED) is 0.172. The molecule has 1 spiro atoms. The molecule has 0 N–H and O–H groups in total. The van der Waals surface area contributed by atoms with E-state index in [1.807, 2.05) is 0 Å². The highest BCUT2D eigenvalue weighted by atomic mass is 15.1. The third kappa shape index (κ3) is 4.97. The molecule has 0 amide bonds. The van der Waals surface area contributed by atoms with Gasteiger partial charge in [-0.05, 0) is 171 Å². The average molecular weight is 716 g/mol. The predicted molar refractivity (Wildman–Crippen MR) is 231 cm³/mol. The smallest absolute Gasteiger partial charge is 0.0502 e. The fourth-order valence-corrected chi connectivity index (χ4v) is 12.9. The molecule has 4 saturated carbocycles. The number of hydrogen-bond acceptors (Lipinski definition) is 1. The first-order chi connectivity index (χ1) is 26.7. The zero-order valence-electron chi connectivity index (χ0n) is 33.0. The van der Waals surface area contributed by atoms with Gasteiger partial charge in [0.15, 0.2) is 0 Å². The maximum absolute atomic E-state index is 2.56. The van der Waals surface area contributed by atoms with Crippen molar-refractivity contribution in [2.45, 2.75) is 88.9 Å². The summed E-state index contributed by atoms with van der Waals surface area (Å²) in [5.41, 5.74) is 18.4. The molecule has 6 aliphatic carbocycles. The fourth-order valence-electron chi connectivity index (χ4n) is 12.9. The minimum Gasteiger partial charge on any atom is -0.310 e. The Morgan fingerprint density at radius 2 is 0.964 bits per heavy atom. The lowest BCUT2D eigenvalue weighted by atomic mass is 9.43. The lowest BCUT2D eigenvalue weighted by molar-refractivity contribution is -0.0399. The highest BCUT2D eigenvalue weighted by molar-refractivity contribution is 5.87. The highest BCUT2D eigenvalue weighted by Crippen LogP contribution is 2.69. The lowest BCUT2D eigenvalue weighted by Crippen LogP contribution is -2.55. The predicted octanol–water partition coefficient (Wildman–Crippen LogP) is 14.6. The molecule has 6 aromatic carbocycles. The van der Waals surface area contributed by atoms with E-state index in [9.17, 15) is 0 Å². The summed E-state index contributed by atoms with van der Waals surface area (Å²) >= 11 is 0. The molecular weight excluding hydrogens is 663 g/mol. The van der Waals surface area contributed by atoms with Crippen molar-refractivity contribution >= 4 is 17.1 Å². The topological polar surface area (TPSA) is 3.24 Å². The second-order valence-electron chi connectivity index (χ2n) is 19.2. The highest BCUT2D eigenvalue weighted by Gasteiger charge is 2.61. The van der Waals surface area contributed by atoms with Crippen molar-refractivity contribution in [1.82, 2.24) is 0 Å². The summed E-state index contributed by atoms with van der Waals surface area (Å²) in [5, 5.41) is 0. The summed E-state index contributed by atoms with van der Waals surface area (Å²) < 4.78 is 0. The van der Waals surface area contributed by atoms with E-state index in [1.54, 1.807) is 11.1 Å². The van der Waals surface area contributed by atoms with Crippen LogP contribution >= 0.6 is 0 Å². The van der Waals surface area contributed by atoms with Gasteiger partial charge in [-0.2, -0.15) is 0 Å². The van der Waals surface area contributed by atoms with Gasteiger partial charge in [0, 0.05) is 16.8 Å². The fraction of sp³-hybridized carbons (Fsp3) is 0.333. The minimum absolute atomic E-state index is 0.0684. The molecule has 1 heteroatoms. The molecule has 0 heterocycles. The maximum atomic E-state index is 2.56. The van der Waals surface area contributed by atoms with Crippen molar-refractivity contribution < 1.29 is 0 Å². The molecule has 0 aliphatic heterocycles. The Balaban J connectivity index is 1.01. The summed E-state index contributed by atoms with van der Waals surface area (Å²) in [4.78, 5) is 2.52. The van der Waals surface area contributed by atoms with Crippen LogP contribution < -0.4 is 4.90 Å². The first kappa shape index (κ1) is 33.5. The molecule has 12 rings (SSSR count). The van der Waals surface area contributed by atoms with E-state index in [2.05, 4.69) is 172 Å². The lowest BCUT2D eigenvalue weighted by Gasteiger charge is -2.61. The zero-order chi connectivity index (χ0) is 37.1. The van der Waals surface area contributed by atoms with Crippen molar-refractivity contribution in [1.29, 1.82) is 0 Å². The van der Waals surface area contributed by atoms with Gasteiger partial charge in [0.05, 0.1) is 5.69 Å². The Morgan fingerprint density at radius 1 is 0.436 bits per heavy atom. The van der Waals surface area contributed by atoms with Crippen LogP contribution in [0.4, 0.5) is 17.1 Å². The van der Waals surface area contributed by atoms with Crippen molar-refractivity contribution in [2.75, 3.05) is 4.90 Å². The van der Waals surface area contributed by atoms with Crippen LogP contribution in [-0.2, 0) is 16.2 Å². The molecule has 55 heavy (non-hydrogen) atoms. The number of rotatable bonds is 5. The Labute approximate surface area is 328 Å². The third-order valence-corrected chi connectivity index (χ3v) is 15.3. The van der Waals surface area contributed by atoms with E-state index in [1.165, 1.54) is 107 Å². The summed E-state index contributed by atoms with van der Waals surface area (Å²) in [6, 6.07) is 53.5. The van der Waals surface area contributed by atoms with Gasteiger partial charge in [0.2, 0.25) is 0 Å². The molecule has 6 aromatic rings. The zero-order valence-corrected chi connectivity index (χ0v) is 33.0. The minimum atomic E-state index is 0.0684. The van der Waals surface area contributed by atoms with Crippen LogP contribution in [0.2, 0.25) is 0 Å². The third-order valence-electron chi connectivity index (χ3n) is 15.3. The van der Waals surface area contributed by atoms with Crippen LogP contribution in [0.5, 0.6) is 0 Å². The van der Waals surface area contributed by atoms with E-state index in [0.29, 0.717) is 0 Å². The molecule has 0 atom stereocenters. The van der Waals surface area contributed by atoms with Crippen molar-refractivity contribution in [3.63, 3.8) is 0 Å². The van der Waals surface area contributed by atoms with Gasteiger partial charge in [-0.1, -0.05) is 131 Å². The van der Waals surface area contributed by atoms with Crippen LogP contribution in [-0.4, -0.2) is 0 Å². The molecule has 0 aromatic heterocycles. The Kier molecular flexibility index (Phi) is 7.34. The van der Waals surface area contributed by atoms with Crippen LogP contribution in [0.1, 0.15) is 94.9 Å². The molecule has 6 aliphatic rings. The molecule has 4 bridgehead atoms. The second kappa shape index (κ2) is 12.1. The van der Waals surface area contributed by atoms with Crippen LogP contribution in [0.3, 0.4) is 0 Å². The normalized spacial score (nSPS) is 26.0. The van der Waals surface area contributed by atoms with Crippen molar-refractivity contribution in [2.24, 2.45) is 23.7 Å². The van der Waals surface area contributed by atoms with Gasteiger partial charge < -0.3 is 4.90 Å². The van der Waals surface area contributed by atoms with Crippen molar-refractivity contribution in [3.05, 3.63) is 162 Å². The molecule has 0 radical (unpaired) electrons. The molecule has 274 valence electrons. The SMILES string of the molecule is CC1(C)CCC(C)(C)c2c(N(c3ccc(-c4ccccc4)cc3)c3ccc(-c4ccc5c(c4)-c4ccccc4C54C5CC6CC(C5)CC4C6)cc3)cccc21.